The van der Waals surface area contributed by atoms with Gasteiger partial charge in [-0.1, -0.05) is 23.7 Å². The molecule has 7 nitrogen and oxygen atoms in total. The lowest BCUT2D eigenvalue weighted by molar-refractivity contribution is -0.385. The normalized spacial score (nSPS) is 10.0. The summed E-state index contributed by atoms with van der Waals surface area (Å²) in [6, 6.07) is 10.3. The average molecular weight is 334 g/mol. The maximum atomic E-state index is 12.3. The van der Waals surface area contributed by atoms with E-state index in [1.807, 2.05) is 0 Å². The number of carbonyl (C=O) groups excluding carboxylic acids is 2. The number of amides is 2. The van der Waals surface area contributed by atoms with Crippen LogP contribution in [0.25, 0.3) is 0 Å². The van der Waals surface area contributed by atoms with Gasteiger partial charge in [0, 0.05) is 18.0 Å². The third kappa shape index (κ3) is 4.04. The molecule has 0 aliphatic rings. The molecule has 2 rings (SSSR count). The second kappa shape index (κ2) is 6.89. The first-order chi connectivity index (χ1) is 10.9. The minimum absolute atomic E-state index is 0.128. The minimum atomic E-state index is -0.680. The molecule has 0 fully saturated rings. The van der Waals surface area contributed by atoms with Crippen molar-refractivity contribution in [3.63, 3.8) is 0 Å². The maximum Gasteiger partial charge on any atom is 0.283 e. The first-order valence-corrected chi connectivity index (χ1v) is 6.88. The van der Waals surface area contributed by atoms with E-state index in [9.17, 15) is 19.7 Å². The molecular weight excluding hydrogens is 322 g/mol. The summed E-state index contributed by atoms with van der Waals surface area (Å²) in [6.07, 6.45) is 0. The van der Waals surface area contributed by atoms with Crippen molar-refractivity contribution in [2.75, 3.05) is 10.6 Å². The highest BCUT2D eigenvalue weighted by Crippen LogP contribution is 2.26. The molecule has 0 spiro atoms. The van der Waals surface area contributed by atoms with Crippen molar-refractivity contribution in [1.82, 2.24) is 0 Å². The lowest BCUT2D eigenvalue weighted by atomic mass is 10.1. The number of nitro benzene ring substituents is 1. The van der Waals surface area contributed by atoms with Crippen molar-refractivity contribution >= 4 is 40.5 Å². The van der Waals surface area contributed by atoms with Crippen molar-refractivity contribution < 1.29 is 14.5 Å². The van der Waals surface area contributed by atoms with Crippen LogP contribution in [0.5, 0.6) is 0 Å². The van der Waals surface area contributed by atoms with Gasteiger partial charge in [-0.2, -0.15) is 0 Å². The van der Waals surface area contributed by atoms with Crippen LogP contribution >= 0.6 is 11.6 Å². The Labute approximate surface area is 136 Å². The van der Waals surface area contributed by atoms with E-state index >= 15 is 0 Å². The number of halogens is 1. The molecule has 0 aromatic heterocycles. The summed E-state index contributed by atoms with van der Waals surface area (Å²) in [5, 5.41) is 16.3. The smallest absolute Gasteiger partial charge is 0.283 e. The third-order valence-electron chi connectivity index (χ3n) is 2.89. The van der Waals surface area contributed by atoms with E-state index in [-0.39, 0.29) is 16.5 Å². The van der Waals surface area contributed by atoms with Gasteiger partial charge in [0.2, 0.25) is 5.91 Å². The molecule has 0 heterocycles. The lowest BCUT2D eigenvalue weighted by Crippen LogP contribution is -2.16. The van der Waals surface area contributed by atoms with E-state index in [0.717, 1.165) is 6.07 Å². The van der Waals surface area contributed by atoms with Gasteiger partial charge in [-0.15, -0.1) is 0 Å². The molecule has 0 aliphatic heterocycles. The Bertz CT molecular complexity index is 792. The molecule has 0 unspecified atom stereocenters. The van der Waals surface area contributed by atoms with Gasteiger partial charge in [-0.3, -0.25) is 19.7 Å². The molecule has 0 saturated heterocycles. The third-order valence-corrected chi connectivity index (χ3v) is 3.12. The Balaban J connectivity index is 2.34. The Morgan fingerprint density at radius 2 is 1.70 bits per heavy atom. The monoisotopic (exact) mass is 333 g/mol. The van der Waals surface area contributed by atoms with Crippen molar-refractivity contribution in [1.29, 1.82) is 0 Å². The van der Waals surface area contributed by atoms with Crippen LogP contribution < -0.4 is 10.6 Å². The fourth-order valence-corrected chi connectivity index (χ4v) is 2.09. The highest BCUT2D eigenvalue weighted by molar-refractivity contribution is 6.31. The molecule has 23 heavy (non-hydrogen) atoms. The van der Waals surface area contributed by atoms with Gasteiger partial charge in [0.25, 0.3) is 11.6 Å². The quantitative estimate of drug-likeness (QED) is 0.660. The molecule has 2 N–H and O–H groups in total. The molecule has 2 aromatic carbocycles. The van der Waals surface area contributed by atoms with Crippen LogP contribution in [-0.4, -0.2) is 16.7 Å². The summed E-state index contributed by atoms with van der Waals surface area (Å²) in [5.41, 5.74) is 0.200. The Kier molecular flexibility index (Phi) is 4.92. The molecule has 8 heteroatoms. The largest absolute Gasteiger partial charge is 0.325 e. The van der Waals surface area contributed by atoms with Crippen LogP contribution in [0.15, 0.2) is 42.5 Å². The number of hydrogen-bond acceptors (Lipinski definition) is 4. The summed E-state index contributed by atoms with van der Waals surface area (Å²) >= 11 is 5.72. The zero-order chi connectivity index (χ0) is 17.0. The fourth-order valence-electron chi connectivity index (χ4n) is 1.93. The van der Waals surface area contributed by atoms with Crippen LogP contribution in [0.2, 0.25) is 5.02 Å². The second-order valence-electron chi connectivity index (χ2n) is 4.60. The van der Waals surface area contributed by atoms with Crippen LogP contribution in [0, 0.1) is 10.1 Å². The van der Waals surface area contributed by atoms with E-state index in [0.29, 0.717) is 11.4 Å². The summed E-state index contributed by atoms with van der Waals surface area (Å²) in [6.45, 7) is 1.34. The minimum Gasteiger partial charge on any atom is -0.325 e. The van der Waals surface area contributed by atoms with Gasteiger partial charge in [0.15, 0.2) is 0 Å². The zero-order valence-electron chi connectivity index (χ0n) is 12.0. The van der Waals surface area contributed by atoms with Gasteiger partial charge in [-0.05, 0) is 24.3 Å². The number of nitrogens with zero attached hydrogens (tertiary/aromatic N) is 1. The highest BCUT2D eigenvalue weighted by Gasteiger charge is 2.21. The maximum absolute atomic E-state index is 12.3. The number of para-hydroxylation sites is 2. The molecule has 118 valence electrons. The van der Waals surface area contributed by atoms with Crippen LogP contribution in [0.3, 0.4) is 0 Å². The number of rotatable bonds is 4. The topological polar surface area (TPSA) is 101 Å². The van der Waals surface area contributed by atoms with Crippen molar-refractivity contribution in [3.05, 3.63) is 63.2 Å². The molecule has 2 amide bonds. The highest BCUT2D eigenvalue weighted by atomic mass is 35.5. The number of nitrogens with one attached hydrogen (secondary N) is 2. The van der Waals surface area contributed by atoms with E-state index in [1.165, 1.54) is 19.1 Å². The first-order valence-electron chi connectivity index (χ1n) is 6.50. The number of benzene rings is 2. The van der Waals surface area contributed by atoms with Crippen molar-refractivity contribution in [3.8, 4) is 0 Å². The molecule has 0 saturated carbocycles. The van der Waals surface area contributed by atoms with E-state index < -0.39 is 16.5 Å². The standard InChI is InChI=1S/C15H12ClN3O4/c1-9(20)17-12-4-2-3-5-13(12)18-15(21)11-7-6-10(16)8-14(11)19(22)23/h2-8H,1H3,(H,17,20)(H,18,21). The van der Waals surface area contributed by atoms with Gasteiger partial charge < -0.3 is 10.6 Å². The average Bonchev–Trinajstić information content (AvgIpc) is 2.48. The van der Waals surface area contributed by atoms with Gasteiger partial charge in [-0.25, -0.2) is 0 Å². The van der Waals surface area contributed by atoms with E-state index in [1.54, 1.807) is 24.3 Å². The van der Waals surface area contributed by atoms with Crippen molar-refractivity contribution in [2.45, 2.75) is 6.92 Å². The SMILES string of the molecule is CC(=O)Nc1ccccc1NC(=O)c1ccc(Cl)cc1[N+](=O)[O-]. The zero-order valence-corrected chi connectivity index (χ0v) is 12.8. The Morgan fingerprint density at radius 1 is 1.09 bits per heavy atom. The summed E-state index contributed by atoms with van der Waals surface area (Å²) < 4.78 is 0. The van der Waals surface area contributed by atoms with Gasteiger partial charge in [0.1, 0.15) is 5.56 Å². The second-order valence-corrected chi connectivity index (χ2v) is 5.04. The molecular formula is C15H12ClN3O4. The van der Waals surface area contributed by atoms with Crippen LogP contribution in [-0.2, 0) is 4.79 Å². The summed E-state index contributed by atoms with van der Waals surface area (Å²) in [7, 11) is 0. The summed E-state index contributed by atoms with van der Waals surface area (Å²) in [5.74, 6) is -0.977. The number of carbonyl (C=O) groups is 2. The molecule has 2 aromatic rings. The van der Waals surface area contributed by atoms with Crippen LogP contribution in [0.4, 0.5) is 17.1 Å². The Morgan fingerprint density at radius 3 is 2.26 bits per heavy atom. The lowest BCUT2D eigenvalue weighted by Gasteiger charge is -2.11. The molecule has 0 aliphatic carbocycles. The molecule has 0 radical (unpaired) electrons. The Hall–Kier alpha value is -2.93. The number of hydrogen-bond donors (Lipinski definition) is 2. The van der Waals surface area contributed by atoms with Crippen molar-refractivity contribution in [2.24, 2.45) is 0 Å². The van der Waals surface area contributed by atoms with E-state index in [4.69, 9.17) is 11.6 Å². The predicted octanol–water partition coefficient (Wildman–Crippen LogP) is 3.46. The van der Waals surface area contributed by atoms with Gasteiger partial charge >= 0.3 is 0 Å². The number of nitro groups is 1. The van der Waals surface area contributed by atoms with Gasteiger partial charge in [0.05, 0.1) is 16.3 Å². The molecule has 0 atom stereocenters. The first kappa shape index (κ1) is 16.4. The molecule has 0 bridgehead atoms. The van der Waals surface area contributed by atoms with Crippen LogP contribution in [0.1, 0.15) is 17.3 Å². The predicted molar refractivity (Wildman–Crippen MR) is 86.8 cm³/mol. The summed E-state index contributed by atoms with van der Waals surface area (Å²) in [4.78, 5) is 33.9. The van der Waals surface area contributed by atoms with E-state index in [2.05, 4.69) is 10.6 Å². The fraction of sp³-hybridized carbons (Fsp3) is 0.0667. The number of anilines is 2.